The van der Waals surface area contributed by atoms with E-state index in [1.807, 2.05) is 31.1 Å². The van der Waals surface area contributed by atoms with Crippen molar-refractivity contribution in [2.45, 2.75) is 32.8 Å². The summed E-state index contributed by atoms with van der Waals surface area (Å²) in [4.78, 5) is 20.8. The van der Waals surface area contributed by atoms with Crippen LogP contribution in [0, 0.1) is 13.8 Å². The van der Waals surface area contributed by atoms with Crippen LogP contribution in [0.2, 0.25) is 0 Å². The number of hydrogen-bond donors (Lipinski definition) is 1. The normalized spacial score (nSPS) is 17.6. The molecule has 1 N–H and O–H groups in total. The molecule has 1 aromatic carbocycles. The summed E-state index contributed by atoms with van der Waals surface area (Å²) < 4.78 is 5.77. The summed E-state index contributed by atoms with van der Waals surface area (Å²) >= 11 is 0. The van der Waals surface area contributed by atoms with E-state index in [9.17, 15) is 4.79 Å². The molecule has 1 aliphatic rings. The molecule has 1 fully saturated rings. The molecule has 0 unspecified atom stereocenters. The highest BCUT2D eigenvalue weighted by Crippen LogP contribution is 2.25. The van der Waals surface area contributed by atoms with Gasteiger partial charge in [0.1, 0.15) is 0 Å². The van der Waals surface area contributed by atoms with Gasteiger partial charge in [0.15, 0.2) is 0 Å². The minimum Gasteiger partial charge on any atom is -0.376 e. The third-order valence-electron chi connectivity index (χ3n) is 5.13. The minimum atomic E-state index is 0.0872. The second kappa shape index (κ2) is 7.58. The summed E-state index contributed by atoms with van der Waals surface area (Å²) in [6.45, 7) is 7.18. The van der Waals surface area contributed by atoms with Crippen LogP contribution in [-0.2, 0) is 4.74 Å². The Morgan fingerprint density at radius 1 is 1.28 bits per heavy atom. The van der Waals surface area contributed by atoms with Crippen molar-refractivity contribution in [2.75, 3.05) is 40.3 Å². The first-order valence-electron chi connectivity index (χ1n) is 9.11. The summed E-state index contributed by atoms with van der Waals surface area (Å²) in [6.07, 6.45) is 2.29. The average Bonchev–Trinajstić information content (AvgIpc) is 3.19. The fourth-order valence-corrected chi connectivity index (χ4v) is 3.46. The second-order valence-corrected chi connectivity index (χ2v) is 7.29. The van der Waals surface area contributed by atoms with E-state index in [0.29, 0.717) is 13.1 Å². The average molecular weight is 343 g/mol. The zero-order valence-corrected chi connectivity index (χ0v) is 15.8. The molecular weight excluding hydrogens is 314 g/mol. The lowest BCUT2D eigenvalue weighted by Gasteiger charge is -2.27. The maximum atomic E-state index is 13.3. The molecule has 1 atom stereocenters. The number of para-hydroxylation sites is 1. The van der Waals surface area contributed by atoms with Gasteiger partial charge in [-0.15, -0.1) is 0 Å². The highest BCUT2D eigenvalue weighted by Gasteiger charge is 2.25. The van der Waals surface area contributed by atoms with Gasteiger partial charge < -0.3 is 19.5 Å². The van der Waals surface area contributed by atoms with Crippen molar-refractivity contribution in [3.8, 4) is 0 Å². The lowest BCUT2D eigenvalue weighted by atomic mass is 10.1. The van der Waals surface area contributed by atoms with Gasteiger partial charge in [0.05, 0.1) is 17.2 Å². The molecular formula is C20H29N3O2. The number of likely N-dealkylation sites (N-methyl/N-ethyl adjacent to an activating group) is 1. The van der Waals surface area contributed by atoms with Crippen molar-refractivity contribution >= 4 is 16.8 Å². The molecule has 2 aromatic rings. The zero-order valence-electron chi connectivity index (χ0n) is 15.8. The monoisotopic (exact) mass is 343 g/mol. The summed E-state index contributed by atoms with van der Waals surface area (Å²) in [6, 6.07) is 5.99. The van der Waals surface area contributed by atoms with Gasteiger partial charge in [-0.25, -0.2) is 0 Å². The van der Waals surface area contributed by atoms with E-state index >= 15 is 0 Å². The molecule has 1 saturated heterocycles. The van der Waals surface area contributed by atoms with Crippen molar-refractivity contribution in [3.63, 3.8) is 0 Å². The Morgan fingerprint density at radius 2 is 2.08 bits per heavy atom. The predicted octanol–water partition coefficient (Wildman–Crippen LogP) is 2.97. The van der Waals surface area contributed by atoms with Crippen LogP contribution < -0.4 is 0 Å². The Balaban J connectivity index is 1.89. The molecule has 3 rings (SSSR count). The molecule has 1 aliphatic heterocycles. The largest absolute Gasteiger partial charge is 0.376 e. The van der Waals surface area contributed by atoms with E-state index in [1.165, 1.54) is 5.56 Å². The van der Waals surface area contributed by atoms with Crippen LogP contribution in [0.1, 0.15) is 34.5 Å². The van der Waals surface area contributed by atoms with Crippen molar-refractivity contribution in [2.24, 2.45) is 0 Å². The number of carbonyl (C=O) groups is 1. The van der Waals surface area contributed by atoms with Crippen LogP contribution in [-0.4, -0.2) is 67.1 Å². The maximum absolute atomic E-state index is 13.3. The van der Waals surface area contributed by atoms with Crippen molar-refractivity contribution in [1.29, 1.82) is 0 Å². The highest BCUT2D eigenvalue weighted by molar-refractivity contribution is 6.06. The second-order valence-electron chi connectivity index (χ2n) is 7.29. The Kier molecular flexibility index (Phi) is 5.45. The first-order valence-corrected chi connectivity index (χ1v) is 9.11. The molecule has 1 amide bonds. The van der Waals surface area contributed by atoms with Gasteiger partial charge in [-0.05, 0) is 52.4 Å². The molecule has 0 bridgehead atoms. The number of nitrogens with zero attached hydrogens (tertiary/aromatic N) is 2. The number of rotatable bonds is 6. The van der Waals surface area contributed by atoms with Gasteiger partial charge in [0.2, 0.25) is 0 Å². The number of amides is 1. The van der Waals surface area contributed by atoms with E-state index in [0.717, 1.165) is 48.2 Å². The van der Waals surface area contributed by atoms with Crippen molar-refractivity contribution in [3.05, 3.63) is 35.0 Å². The third-order valence-corrected chi connectivity index (χ3v) is 5.13. The van der Waals surface area contributed by atoms with Crippen LogP contribution >= 0.6 is 0 Å². The lowest BCUT2D eigenvalue weighted by molar-refractivity contribution is 0.0513. The molecule has 5 heteroatoms. The van der Waals surface area contributed by atoms with Gasteiger partial charge in [-0.1, -0.05) is 12.1 Å². The zero-order chi connectivity index (χ0) is 18.0. The standard InChI is InChI=1S/C20H29N3O2/c1-14-15(2)21-19-17(14)8-5-9-18(19)20(24)23(11-10-22(3)4)13-16-7-6-12-25-16/h5,8-9,16,21H,6-7,10-13H2,1-4H3/t16-/m1/s1. The first-order chi connectivity index (χ1) is 12.0. The molecule has 0 radical (unpaired) electrons. The maximum Gasteiger partial charge on any atom is 0.256 e. The van der Waals surface area contributed by atoms with E-state index in [4.69, 9.17) is 4.74 Å². The fraction of sp³-hybridized carbons (Fsp3) is 0.550. The Morgan fingerprint density at radius 3 is 2.76 bits per heavy atom. The summed E-state index contributed by atoms with van der Waals surface area (Å²) in [5.74, 6) is 0.0872. The third kappa shape index (κ3) is 3.88. The summed E-state index contributed by atoms with van der Waals surface area (Å²) in [7, 11) is 4.07. The van der Waals surface area contributed by atoms with E-state index in [1.54, 1.807) is 0 Å². The number of fused-ring (bicyclic) bond motifs is 1. The number of aryl methyl sites for hydroxylation is 2. The van der Waals surface area contributed by atoms with Crippen LogP contribution in [0.15, 0.2) is 18.2 Å². The topological polar surface area (TPSA) is 48.6 Å². The number of H-pyrrole nitrogens is 1. The molecule has 5 nitrogen and oxygen atoms in total. The molecule has 136 valence electrons. The molecule has 2 heterocycles. The summed E-state index contributed by atoms with van der Waals surface area (Å²) in [5, 5.41) is 1.13. The number of carbonyl (C=O) groups excluding carboxylic acids is 1. The fourth-order valence-electron chi connectivity index (χ4n) is 3.46. The Hall–Kier alpha value is -1.85. The lowest BCUT2D eigenvalue weighted by Crippen LogP contribution is -2.41. The number of benzene rings is 1. The Bertz CT molecular complexity index is 745. The minimum absolute atomic E-state index is 0.0872. The van der Waals surface area contributed by atoms with Gasteiger partial charge in [0.25, 0.3) is 5.91 Å². The van der Waals surface area contributed by atoms with Gasteiger partial charge in [-0.2, -0.15) is 0 Å². The summed E-state index contributed by atoms with van der Waals surface area (Å²) in [5.41, 5.74) is 4.04. The van der Waals surface area contributed by atoms with Crippen molar-refractivity contribution < 1.29 is 9.53 Å². The van der Waals surface area contributed by atoms with Crippen LogP contribution in [0.4, 0.5) is 0 Å². The van der Waals surface area contributed by atoms with E-state index < -0.39 is 0 Å². The number of aromatic amines is 1. The smallest absolute Gasteiger partial charge is 0.256 e. The molecule has 0 aliphatic carbocycles. The molecule has 0 spiro atoms. The number of aromatic nitrogens is 1. The number of nitrogens with one attached hydrogen (secondary N) is 1. The number of hydrogen-bond acceptors (Lipinski definition) is 3. The molecule has 25 heavy (non-hydrogen) atoms. The first kappa shape index (κ1) is 18.0. The van der Waals surface area contributed by atoms with Gasteiger partial charge in [0, 0.05) is 37.3 Å². The van der Waals surface area contributed by atoms with Crippen molar-refractivity contribution in [1.82, 2.24) is 14.8 Å². The quantitative estimate of drug-likeness (QED) is 0.877. The Labute approximate surface area is 149 Å². The SMILES string of the molecule is Cc1[nH]c2c(C(=O)N(CCN(C)C)C[C@H]3CCCO3)cccc2c1C. The van der Waals surface area contributed by atoms with Gasteiger partial charge >= 0.3 is 0 Å². The van der Waals surface area contributed by atoms with Crippen LogP contribution in [0.3, 0.4) is 0 Å². The highest BCUT2D eigenvalue weighted by atomic mass is 16.5. The van der Waals surface area contributed by atoms with Crippen LogP contribution in [0.5, 0.6) is 0 Å². The van der Waals surface area contributed by atoms with Crippen LogP contribution in [0.25, 0.3) is 10.9 Å². The number of ether oxygens (including phenoxy) is 1. The molecule has 1 aromatic heterocycles. The van der Waals surface area contributed by atoms with E-state index in [2.05, 4.69) is 29.8 Å². The van der Waals surface area contributed by atoms with E-state index in [-0.39, 0.29) is 12.0 Å². The van der Waals surface area contributed by atoms with Gasteiger partial charge in [-0.3, -0.25) is 4.79 Å². The molecule has 0 saturated carbocycles. The predicted molar refractivity (Wildman–Crippen MR) is 101 cm³/mol.